The molecule has 0 radical (unpaired) electrons. The molecule has 68 valence electrons. The average Bonchev–Trinajstić information content (AvgIpc) is 2.32. The van der Waals surface area contributed by atoms with Gasteiger partial charge in [0.2, 0.25) is 0 Å². The molecule has 0 aliphatic carbocycles. The summed E-state index contributed by atoms with van der Waals surface area (Å²) >= 11 is 0. The lowest BCUT2D eigenvalue weighted by molar-refractivity contribution is 1.16. The Labute approximate surface area is 78.0 Å². The highest BCUT2D eigenvalue weighted by molar-refractivity contribution is 5.81. The van der Waals surface area contributed by atoms with E-state index in [-0.39, 0.29) is 0 Å². The van der Waals surface area contributed by atoms with Crippen LogP contribution in [0.5, 0.6) is 0 Å². The van der Waals surface area contributed by atoms with Gasteiger partial charge in [0, 0.05) is 16.8 Å². The number of rotatable bonds is 0. The van der Waals surface area contributed by atoms with Gasteiger partial charge in [0.05, 0.1) is 0 Å². The smallest absolute Gasteiger partial charge is 0.138 e. The third-order valence-electron chi connectivity index (χ3n) is 2.74. The van der Waals surface area contributed by atoms with E-state index in [9.17, 15) is 0 Å². The first kappa shape index (κ1) is 8.30. The number of H-pyrrole nitrogens is 1. The Hall–Kier alpha value is -1.31. The number of aryl methyl sites for hydroxylation is 4. The zero-order chi connectivity index (χ0) is 9.59. The van der Waals surface area contributed by atoms with Gasteiger partial charge in [-0.2, -0.15) is 0 Å². The third kappa shape index (κ3) is 1.13. The molecule has 2 heteroatoms. The molecule has 2 aromatic rings. The number of pyridine rings is 1. The lowest BCUT2D eigenvalue weighted by Crippen LogP contribution is -1.86. The highest BCUT2D eigenvalue weighted by Crippen LogP contribution is 2.21. The molecule has 0 fully saturated rings. The van der Waals surface area contributed by atoms with Gasteiger partial charge >= 0.3 is 0 Å². The lowest BCUT2D eigenvalue weighted by Gasteiger charge is -1.98. The normalized spacial score (nSPS) is 11.1. The second-order valence-electron chi connectivity index (χ2n) is 3.66. The van der Waals surface area contributed by atoms with Crippen molar-refractivity contribution in [1.29, 1.82) is 0 Å². The summed E-state index contributed by atoms with van der Waals surface area (Å²) in [6.45, 7) is 8.36. The monoisotopic (exact) mass is 174 g/mol. The van der Waals surface area contributed by atoms with Crippen molar-refractivity contribution in [3.63, 3.8) is 0 Å². The number of fused-ring (bicyclic) bond motifs is 1. The maximum absolute atomic E-state index is 4.50. The molecule has 2 heterocycles. The zero-order valence-corrected chi connectivity index (χ0v) is 8.52. The molecular weight excluding hydrogens is 160 g/mol. The quantitative estimate of drug-likeness (QED) is 0.653. The van der Waals surface area contributed by atoms with Crippen LogP contribution in [0.25, 0.3) is 11.0 Å². The molecule has 0 amide bonds. The summed E-state index contributed by atoms with van der Waals surface area (Å²) in [6, 6.07) is 2.20. The van der Waals surface area contributed by atoms with Crippen LogP contribution in [0.15, 0.2) is 6.07 Å². The Morgan fingerprint density at radius 2 is 1.85 bits per heavy atom. The fourth-order valence-electron chi connectivity index (χ4n) is 1.56. The molecule has 0 bridgehead atoms. The number of hydrogen-bond donors (Lipinski definition) is 1. The average molecular weight is 174 g/mol. The summed E-state index contributed by atoms with van der Waals surface area (Å²) in [7, 11) is 0. The van der Waals surface area contributed by atoms with Gasteiger partial charge in [-0.05, 0) is 44.9 Å². The van der Waals surface area contributed by atoms with Crippen molar-refractivity contribution in [3.8, 4) is 0 Å². The summed E-state index contributed by atoms with van der Waals surface area (Å²) in [5, 5.41) is 1.25. The van der Waals surface area contributed by atoms with E-state index in [1.165, 1.54) is 22.2 Å². The Morgan fingerprint density at radius 1 is 1.15 bits per heavy atom. The van der Waals surface area contributed by atoms with E-state index in [1.807, 2.05) is 6.92 Å². The van der Waals surface area contributed by atoms with Crippen LogP contribution in [-0.4, -0.2) is 9.97 Å². The van der Waals surface area contributed by atoms with Gasteiger partial charge in [-0.25, -0.2) is 4.98 Å². The molecule has 2 rings (SSSR count). The molecule has 0 saturated carbocycles. The Bertz CT molecular complexity index is 466. The highest BCUT2D eigenvalue weighted by Gasteiger charge is 2.06. The number of nitrogens with one attached hydrogen (secondary N) is 1. The van der Waals surface area contributed by atoms with Crippen LogP contribution in [0.3, 0.4) is 0 Å². The van der Waals surface area contributed by atoms with Gasteiger partial charge in [-0.1, -0.05) is 0 Å². The van der Waals surface area contributed by atoms with Crippen LogP contribution in [0, 0.1) is 27.7 Å². The van der Waals surface area contributed by atoms with Crippen LogP contribution in [0.2, 0.25) is 0 Å². The predicted octanol–water partition coefficient (Wildman–Crippen LogP) is 2.80. The molecule has 0 saturated heterocycles. The molecule has 13 heavy (non-hydrogen) atoms. The Balaban J connectivity index is 2.89. The van der Waals surface area contributed by atoms with Crippen molar-refractivity contribution in [2.24, 2.45) is 0 Å². The van der Waals surface area contributed by atoms with Crippen LogP contribution < -0.4 is 0 Å². The molecule has 0 atom stereocenters. The Kier molecular flexibility index (Phi) is 1.65. The van der Waals surface area contributed by atoms with Crippen molar-refractivity contribution in [3.05, 3.63) is 28.6 Å². The van der Waals surface area contributed by atoms with E-state index in [0.717, 1.165) is 11.3 Å². The number of hydrogen-bond acceptors (Lipinski definition) is 1. The number of nitrogens with zero attached hydrogens (tertiary/aromatic N) is 1. The standard InChI is InChI=1S/C11H14N2/c1-6-5-10-7(2)9(4)13-11(10)12-8(6)3/h5H,1-4H3,(H,12,13). The number of aromatic amines is 1. The van der Waals surface area contributed by atoms with E-state index in [2.05, 4.69) is 36.8 Å². The maximum atomic E-state index is 4.50. The van der Waals surface area contributed by atoms with Gasteiger partial charge in [0.25, 0.3) is 0 Å². The maximum Gasteiger partial charge on any atom is 0.138 e. The highest BCUT2D eigenvalue weighted by atomic mass is 14.9. The molecule has 2 aromatic heterocycles. The minimum atomic E-state index is 1.01. The molecule has 1 N–H and O–H groups in total. The molecule has 2 nitrogen and oxygen atoms in total. The topological polar surface area (TPSA) is 28.7 Å². The predicted molar refractivity (Wildman–Crippen MR) is 55.0 cm³/mol. The van der Waals surface area contributed by atoms with Crippen LogP contribution in [0.4, 0.5) is 0 Å². The summed E-state index contributed by atoms with van der Waals surface area (Å²) in [4.78, 5) is 7.78. The van der Waals surface area contributed by atoms with Crippen molar-refractivity contribution < 1.29 is 0 Å². The lowest BCUT2D eigenvalue weighted by atomic mass is 10.1. The molecule has 0 aliphatic heterocycles. The van der Waals surface area contributed by atoms with Crippen LogP contribution in [0.1, 0.15) is 22.5 Å². The van der Waals surface area contributed by atoms with E-state index >= 15 is 0 Å². The van der Waals surface area contributed by atoms with Gasteiger partial charge in [0.1, 0.15) is 5.65 Å². The minimum absolute atomic E-state index is 1.01. The van der Waals surface area contributed by atoms with E-state index < -0.39 is 0 Å². The zero-order valence-electron chi connectivity index (χ0n) is 8.52. The van der Waals surface area contributed by atoms with E-state index in [1.54, 1.807) is 0 Å². The third-order valence-corrected chi connectivity index (χ3v) is 2.74. The molecular formula is C11H14N2. The van der Waals surface area contributed by atoms with E-state index in [0.29, 0.717) is 0 Å². The van der Waals surface area contributed by atoms with Crippen molar-refractivity contribution >= 4 is 11.0 Å². The van der Waals surface area contributed by atoms with E-state index in [4.69, 9.17) is 0 Å². The van der Waals surface area contributed by atoms with Gasteiger partial charge in [-0.15, -0.1) is 0 Å². The second kappa shape index (κ2) is 2.59. The van der Waals surface area contributed by atoms with Gasteiger partial charge < -0.3 is 4.98 Å². The molecule has 0 unspecified atom stereocenters. The summed E-state index contributed by atoms with van der Waals surface area (Å²) < 4.78 is 0. The van der Waals surface area contributed by atoms with Gasteiger partial charge in [-0.3, -0.25) is 0 Å². The fourth-order valence-corrected chi connectivity index (χ4v) is 1.56. The number of aromatic nitrogens is 2. The SMILES string of the molecule is Cc1cc2c(C)c(C)[nH]c2nc1C. The minimum Gasteiger partial charge on any atom is -0.343 e. The van der Waals surface area contributed by atoms with Crippen LogP contribution in [-0.2, 0) is 0 Å². The van der Waals surface area contributed by atoms with Crippen LogP contribution >= 0.6 is 0 Å². The summed E-state index contributed by atoms with van der Waals surface area (Å²) in [5.74, 6) is 0. The first-order valence-electron chi connectivity index (χ1n) is 4.52. The van der Waals surface area contributed by atoms with Crippen molar-refractivity contribution in [1.82, 2.24) is 9.97 Å². The van der Waals surface area contributed by atoms with Crippen molar-refractivity contribution in [2.75, 3.05) is 0 Å². The molecule has 0 aliphatic rings. The molecule has 0 spiro atoms. The second-order valence-corrected chi connectivity index (χ2v) is 3.66. The van der Waals surface area contributed by atoms with Crippen molar-refractivity contribution in [2.45, 2.75) is 27.7 Å². The Morgan fingerprint density at radius 3 is 2.54 bits per heavy atom. The van der Waals surface area contributed by atoms with Gasteiger partial charge in [0.15, 0.2) is 0 Å². The summed E-state index contributed by atoms with van der Waals surface area (Å²) in [6.07, 6.45) is 0. The molecule has 0 aromatic carbocycles. The first-order valence-corrected chi connectivity index (χ1v) is 4.52. The summed E-state index contributed by atoms with van der Waals surface area (Å²) in [5.41, 5.74) is 5.90. The fraction of sp³-hybridized carbons (Fsp3) is 0.364. The first-order chi connectivity index (χ1) is 6.09. The largest absolute Gasteiger partial charge is 0.343 e.